The van der Waals surface area contributed by atoms with E-state index < -0.39 is 0 Å². The molecule has 7 nitrogen and oxygen atoms in total. The molecule has 0 aliphatic heterocycles. The van der Waals surface area contributed by atoms with Gasteiger partial charge in [-0.15, -0.1) is 0 Å². The second kappa shape index (κ2) is 11.0. The monoisotopic (exact) mass is 491 g/mol. The van der Waals surface area contributed by atoms with Gasteiger partial charge in [0.2, 0.25) is 0 Å². The quantitative estimate of drug-likeness (QED) is 0.292. The molecule has 0 spiro atoms. The largest absolute Gasteiger partial charge is 0.484 e. The van der Waals surface area contributed by atoms with Gasteiger partial charge in [0.1, 0.15) is 11.6 Å². The van der Waals surface area contributed by atoms with Gasteiger partial charge in [0.15, 0.2) is 12.3 Å². The molecule has 2 aromatic heterocycles. The first-order valence-corrected chi connectivity index (χ1v) is 12.2. The molecule has 7 heteroatoms. The predicted octanol–water partition coefficient (Wildman–Crippen LogP) is 5.32. The molecular formula is C30H29N5O2. The average molecular weight is 492 g/mol. The fourth-order valence-electron chi connectivity index (χ4n) is 4.08. The molecule has 0 saturated carbocycles. The zero-order valence-corrected chi connectivity index (χ0v) is 20.9. The van der Waals surface area contributed by atoms with Crippen molar-refractivity contribution in [2.75, 3.05) is 11.9 Å². The highest BCUT2D eigenvalue weighted by Crippen LogP contribution is 2.26. The zero-order chi connectivity index (χ0) is 25.6. The highest BCUT2D eigenvalue weighted by molar-refractivity contribution is 5.77. The topological polar surface area (TPSA) is 80.5 Å². The third-order valence-electron chi connectivity index (χ3n) is 6.17. The Bertz CT molecular complexity index is 1510. The van der Waals surface area contributed by atoms with Crippen LogP contribution < -0.4 is 15.4 Å². The SMILES string of the molecule is Cc1ccccc1-c1cc(NCc2ccc(CNC(=O)COc3ccccc3)cc2)n2ncc(C)c2n1. The summed E-state index contributed by atoms with van der Waals surface area (Å²) in [5.74, 6) is 1.40. The van der Waals surface area contributed by atoms with Crippen molar-refractivity contribution in [2.45, 2.75) is 26.9 Å². The molecule has 0 aliphatic carbocycles. The van der Waals surface area contributed by atoms with E-state index in [1.807, 2.05) is 78.3 Å². The summed E-state index contributed by atoms with van der Waals surface area (Å²) in [5, 5.41) is 10.9. The van der Waals surface area contributed by atoms with Crippen molar-refractivity contribution in [1.29, 1.82) is 0 Å². The summed E-state index contributed by atoms with van der Waals surface area (Å²) in [4.78, 5) is 17.0. The van der Waals surface area contributed by atoms with E-state index in [-0.39, 0.29) is 12.5 Å². The van der Waals surface area contributed by atoms with Gasteiger partial charge in [-0.25, -0.2) is 4.98 Å². The first-order valence-electron chi connectivity index (χ1n) is 12.2. The molecule has 5 rings (SSSR count). The first-order chi connectivity index (χ1) is 18.1. The number of hydrogen-bond acceptors (Lipinski definition) is 5. The molecule has 0 saturated heterocycles. The summed E-state index contributed by atoms with van der Waals surface area (Å²) in [6.45, 7) is 5.18. The van der Waals surface area contributed by atoms with Crippen LogP contribution in [0.5, 0.6) is 5.75 Å². The summed E-state index contributed by atoms with van der Waals surface area (Å²) in [5.41, 5.74) is 7.20. The number of ether oxygens (including phenoxy) is 1. The van der Waals surface area contributed by atoms with Crippen molar-refractivity contribution in [3.8, 4) is 17.0 Å². The fraction of sp³-hybridized carbons (Fsp3) is 0.167. The van der Waals surface area contributed by atoms with E-state index >= 15 is 0 Å². The van der Waals surface area contributed by atoms with Crippen LogP contribution in [-0.2, 0) is 17.9 Å². The van der Waals surface area contributed by atoms with Gasteiger partial charge in [-0.1, -0.05) is 66.7 Å². The minimum Gasteiger partial charge on any atom is -0.484 e. The number of hydrogen-bond donors (Lipinski definition) is 2. The molecule has 0 fully saturated rings. The van der Waals surface area contributed by atoms with Crippen LogP contribution >= 0.6 is 0 Å². The van der Waals surface area contributed by atoms with Crippen molar-refractivity contribution in [3.05, 3.63) is 113 Å². The lowest BCUT2D eigenvalue weighted by Crippen LogP contribution is -2.28. The van der Waals surface area contributed by atoms with Gasteiger partial charge in [-0.2, -0.15) is 9.61 Å². The number of rotatable bonds is 9. The highest BCUT2D eigenvalue weighted by atomic mass is 16.5. The number of aryl methyl sites for hydroxylation is 2. The second-order valence-electron chi connectivity index (χ2n) is 8.95. The molecule has 0 aliphatic rings. The van der Waals surface area contributed by atoms with Crippen LogP contribution in [0.3, 0.4) is 0 Å². The number of benzene rings is 3. The second-order valence-corrected chi connectivity index (χ2v) is 8.95. The fourth-order valence-corrected chi connectivity index (χ4v) is 4.08. The Kier molecular flexibility index (Phi) is 7.12. The maximum Gasteiger partial charge on any atom is 0.258 e. The number of nitrogens with zero attached hydrogens (tertiary/aromatic N) is 3. The molecule has 1 amide bonds. The van der Waals surface area contributed by atoms with Gasteiger partial charge in [-0.3, -0.25) is 4.79 Å². The van der Waals surface area contributed by atoms with Gasteiger partial charge >= 0.3 is 0 Å². The minimum atomic E-state index is -0.157. The van der Waals surface area contributed by atoms with Gasteiger partial charge in [0.05, 0.1) is 11.9 Å². The predicted molar refractivity (Wildman–Crippen MR) is 145 cm³/mol. The Balaban J connectivity index is 1.21. The van der Waals surface area contributed by atoms with Gasteiger partial charge in [0, 0.05) is 30.3 Å². The van der Waals surface area contributed by atoms with Crippen molar-refractivity contribution < 1.29 is 9.53 Å². The molecule has 0 bridgehead atoms. The Morgan fingerprint density at radius 3 is 2.32 bits per heavy atom. The van der Waals surface area contributed by atoms with Crippen molar-refractivity contribution in [1.82, 2.24) is 19.9 Å². The number of carbonyl (C=O) groups is 1. The van der Waals surface area contributed by atoms with Crippen LogP contribution in [0, 0.1) is 13.8 Å². The number of amides is 1. The number of fused-ring (bicyclic) bond motifs is 1. The van der Waals surface area contributed by atoms with E-state index in [1.165, 1.54) is 5.56 Å². The Hall–Kier alpha value is -4.65. The van der Waals surface area contributed by atoms with E-state index in [9.17, 15) is 4.79 Å². The number of para-hydroxylation sites is 1. The average Bonchev–Trinajstić information content (AvgIpc) is 3.31. The molecular weight excluding hydrogens is 462 g/mol. The van der Waals surface area contributed by atoms with Crippen LogP contribution in [0.25, 0.3) is 16.9 Å². The van der Waals surface area contributed by atoms with Gasteiger partial charge < -0.3 is 15.4 Å². The van der Waals surface area contributed by atoms with E-state index in [1.54, 1.807) is 0 Å². The van der Waals surface area contributed by atoms with Crippen LogP contribution in [0.15, 0.2) is 91.1 Å². The highest BCUT2D eigenvalue weighted by Gasteiger charge is 2.12. The van der Waals surface area contributed by atoms with Crippen LogP contribution in [0.1, 0.15) is 22.3 Å². The van der Waals surface area contributed by atoms with E-state index in [2.05, 4.69) is 46.9 Å². The summed E-state index contributed by atoms with van der Waals surface area (Å²) in [6.07, 6.45) is 1.84. The minimum absolute atomic E-state index is 0.0101. The Morgan fingerprint density at radius 1 is 0.865 bits per heavy atom. The lowest BCUT2D eigenvalue weighted by molar-refractivity contribution is -0.123. The number of anilines is 1. The summed E-state index contributed by atoms with van der Waals surface area (Å²) in [6, 6.07) is 27.8. The number of aromatic nitrogens is 3. The van der Waals surface area contributed by atoms with E-state index in [4.69, 9.17) is 9.72 Å². The van der Waals surface area contributed by atoms with Crippen LogP contribution in [0.4, 0.5) is 5.82 Å². The smallest absolute Gasteiger partial charge is 0.258 e. The number of nitrogens with one attached hydrogen (secondary N) is 2. The first kappa shape index (κ1) is 24.1. The molecule has 37 heavy (non-hydrogen) atoms. The Labute approximate surface area is 216 Å². The molecule has 0 unspecified atom stereocenters. The molecule has 0 atom stereocenters. The molecule has 2 N–H and O–H groups in total. The van der Waals surface area contributed by atoms with Gasteiger partial charge in [0.25, 0.3) is 5.91 Å². The lowest BCUT2D eigenvalue weighted by Gasteiger charge is -2.13. The van der Waals surface area contributed by atoms with E-state index in [0.29, 0.717) is 18.8 Å². The van der Waals surface area contributed by atoms with Crippen molar-refractivity contribution >= 4 is 17.4 Å². The molecule has 186 valence electrons. The maximum absolute atomic E-state index is 12.1. The van der Waals surface area contributed by atoms with Crippen molar-refractivity contribution in [3.63, 3.8) is 0 Å². The lowest BCUT2D eigenvalue weighted by atomic mass is 10.1. The molecule has 3 aromatic carbocycles. The molecule has 5 aromatic rings. The van der Waals surface area contributed by atoms with Crippen molar-refractivity contribution in [2.24, 2.45) is 0 Å². The van der Waals surface area contributed by atoms with E-state index in [0.717, 1.165) is 39.4 Å². The standard InChI is InChI=1S/C30H29N5O2/c1-21-8-6-7-11-26(21)27-16-28(35-30(34-27)22(2)17-33-35)31-18-23-12-14-24(15-13-23)19-32-29(36)20-37-25-9-4-3-5-10-25/h3-17,31H,18-20H2,1-2H3,(H,32,36). The molecule has 2 heterocycles. The van der Waals surface area contributed by atoms with Crippen LogP contribution in [0.2, 0.25) is 0 Å². The molecule has 0 radical (unpaired) electrons. The summed E-state index contributed by atoms with van der Waals surface area (Å²) < 4.78 is 7.34. The number of carbonyl (C=O) groups excluding carboxylic acids is 1. The van der Waals surface area contributed by atoms with Crippen LogP contribution in [-0.4, -0.2) is 27.1 Å². The third-order valence-corrected chi connectivity index (χ3v) is 6.17. The maximum atomic E-state index is 12.1. The van der Waals surface area contributed by atoms with Gasteiger partial charge in [-0.05, 0) is 42.7 Å². The summed E-state index contributed by atoms with van der Waals surface area (Å²) in [7, 11) is 0. The summed E-state index contributed by atoms with van der Waals surface area (Å²) >= 11 is 0. The Morgan fingerprint density at radius 2 is 1.57 bits per heavy atom. The third kappa shape index (κ3) is 5.78. The zero-order valence-electron chi connectivity index (χ0n) is 20.9. The normalized spacial score (nSPS) is 10.9.